The minimum Gasteiger partial charge on any atom is -0.495 e. The van der Waals surface area contributed by atoms with Crippen molar-refractivity contribution in [2.45, 2.75) is 32.1 Å². The van der Waals surface area contributed by atoms with Crippen molar-refractivity contribution in [1.29, 1.82) is 0 Å². The first-order valence-electron chi connectivity index (χ1n) is 5.49. The van der Waals surface area contributed by atoms with Crippen LogP contribution in [0, 0.1) is 12.3 Å². The van der Waals surface area contributed by atoms with Crippen LogP contribution in [0.15, 0.2) is 18.2 Å². The predicted octanol–water partition coefficient (Wildman–Crippen LogP) is 4.26. The molecule has 0 heterocycles. The van der Waals surface area contributed by atoms with Crippen molar-refractivity contribution >= 4 is 11.6 Å². The molecule has 86 valence electrons. The molecule has 0 radical (unpaired) electrons. The summed E-state index contributed by atoms with van der Waals surface area (Å²) in [6, 6.07) is 5.90. The van der Waals surface area contributed by atoms with Crippen LogP contribution in [0.25, 0.3) is 0 Å². The third-order valence-electron chi connectivity index (χ3n) is 2.65. The van der Waals surface area contributed by atoms with E-state index < -0.39 is 0 Å². The first-order valence-corrected chi connectivity index (χ1v) is 5.87. The second kappa shape index (κ2) is 6.45. The molecule has 0 aliphatic carbocycles. The van der Waals surface area contributed by atoms with E-state index in [0.717, 1.165) is 19.3 Å². The lowest BCUT2D eigenvalue weighted by Crippen LogP contribution is -1.98. The number of hydrogen-bond acceptors (Lipinski definition) is 1. The Hall–Kier alpha value is -1.13. The van der Waals surface area contributed by atoms with Gasteiger partial charge in [-0.2, -0.15) is 0 Å². The molecule has 16 heavy (non-hydrogen) atoms. The van der Waals surface area contributed by atoms with E-state index in [1.165, 1.54) is 5.56 Å². The molecule has 0 spiro atoms. The first kappa shape index (κ1) is 12.9. The van der Waals surface area contributed by atoms with Crippen LogP contribution < -0.4 is 4.74 Å². The Morgan fingerprint density at radius 2 is 2.25 bits per heavy atom. The van der Waals surface area contributed by atoms with Crippen LogP contribution in [0.3, 0.4) is 0 Å². The van der Waals surface area contributed by atoms with Crippen molar-refractivity contribution in [1.82, 2.24) is 0 Å². The second-order valence-electron chi connectivity index (χ2n) is 3.79. The summed E-state index contributed by atoms with van der Waals surface area (Å²) in [7, 11) is 1.62. The Labute approximate surface area is 103 Å². The van der Waals surface area contributed by atoms with Crippen LogP contribution in [0.2, 0.25) is 5.02 Å². The molecule has 1 aromatic rings. The van der Waals surface area contributed by atoms with Crippen molar-refractivity contribution in [2.75, 3.05) is 7.11 Å². The quantitative estimate of drug-likeness (QED) is 0.695. The van der Waals surface area contributed by atoms with Gasteiger partial charge in [-0.3, -0.25) is 0 Å². The summed E-state index contributed by atoms with van der Waals surface area (Å²) in [5.74, 6) is 3.84. The van der Waals surface area contributed by atoms with E-state index in [1.807, 2.05) is 18.2 Å². The third-order valence-corrected chi connectivity index (χ3v) is 2.94. The molecular formula is C14H17ClO. The van der Waals surface area contributed by atoms with Gasteiger partial charge in [0.05, 0.1) is 12.1 Å². The maximum atomic E-state index is 6.10. The van der Waals surface area contributed by atoms with E-state index >= 15 is 0 Å². The Balaban J connectivity index is 2.93. The van der Waals surface area contributed by atoms with Gasteiger partial charge in [0.25, 0.3) is 0 Å². The summed E-state index contributed by atoms with van der Waals surface area (Å²) in [6.45, 7) is 2.16. The van der Waals surface area contributed by atoms with Gasteiger partial charge < -0.3 is 4.74 Å². The molecule has 1 aromatic carbocycles. The monoisotopic (exact) mass is 236 g/mol. The molecule has 0 fully saturated rings. The number of terminal acetylenes is 1. The van der Waals surface area contributed by atoms with Gasteiger partial charge in [0.1, 0.15) is 5.75 Å². The predicted molar refractivity (Wildman–Crippen MR) is 69.1 cm³/mol. The van der Waals surface area contributed by atoms with Crippen molar-refractivity contribution < 1.29 is 4.74 Å². The van der Waals surface area contributed by atoms with Gasteiger partial charge in [-0.1, -0.05) is 31.0 Å². The van der Waals surface area contributed by atoms with Crippen molar-refractivity contribution in [2.24, 2.45) is 0 Å². The highest BCUT2D eigenvalue weighted by Crippen LogP contribution is 2.31. The van der Waals surface area contributed by atoms with Crippen molar-refractivity contribution in [3.8, 4) is 18.1 Å². The first-order chi connectivity index (χ1) is 7.72. The molecule has 0 N–H and O–H groups in total. The molecule has 0 aliphatic heterocycles. The van der Waals surface area contributed by atoms with E-state index in [0.29, 0.717) is 16.7 Å². The Bertz CT molecular complexity index is 379. The normalized spacial score (nSPS) is 11.9. The zero-order chi connectivity index (χ0) is 12.0. The van der Waals surface area contributed by atoms with Gasteiger partial charge in [0.15, 0.2) is 0 Å². The molecular weight excluding hydrogens is 220 g/mol. The van der Waals surface area contributed by atoms with E-state index in [1.54, 1.807) is 7.11 Å². The molecule has 2 heteroatoms. The second-order valence-corrected chi connectivity index (χ2v) is 4.20. The number of halogens is 1. The number of benzene rings is 1. The average Bonchev–Trinajstić information content (AvgIpc) is 2.28. The standard InChI is InChI=1S/C14H17ClO/c1-4-6-11(7-5-2)12-8-9-14(16-3)13(15)10-12/h1,8-11H,5-7H2,2-3H3. The molecule has 1 rings (SSSR count). The lowest BCUT2D eigenvalue weighted by atomic mass is 9.92. The molecule has 0 aromatic heterocycles. The maximum Gasteiger partial charge on any atom is 0.137 e. The van der Waals surface area contributed by atoms with E-state index in [9.17, 15) is 0 Å². The summed E-state index contributed by atoms with van der Waals surface area (Å²) in [6.07, 6.45) is 8.36. The molecule has 0 amide bonds. The van der Waals surface area contributed by atoms with Gasteiger partial charge in [-0.15, -0.1) is 12.3 Å². The SMILES string of the molecule is C#CCC(CCC)c1ccc(OC)c(Cl)c1. The fraction of sp³-hybridized carbons (Fsp3) is 0.429. The Kier molecular flexibility index (Phi) is 5.22. The lowest BCUT2D eigenvalue weighted by Gasteiger charge is -2.15. The summed E-state index contributed by atoms with van der Waals surface area (Å²) in [5, 5.41) is 0.651. The number of rotatable bonds is 5. The fourth-order valence-corrected chi connectivity index (χ4v) is 2.08. The molecule has 1 nitrogen and oxygen atoms in total. The molecule has 1 unspecified atom stereocenters. The van der Waals surface area contributed by atoms with Gasteiger partial charge >= 0.3 is 0 Å². The minimum absolute atomic E-state index is 0.401. The number of hydrogen-bond donors (Lipinski definition) is 0. The number of methoxy groups -OCH3 is 1. The molecule has 0 bridgehead atoms. The van der Waals surface area contributed by atoms with Crippen LogP contribution in [0.4, 0.5) is 0 Å². The summed E-state index contributed by atoms with van der Waals surface area (Å²) >= 11 is 6.10. The topological polar surface area (TPSA) is 9.23 Å². The highest BCUT2D eigenvalue weighted by atomic mass is 35.5. The van der Waals surface area contributed by atoms with Crippen molar-refractivity contribution in [3.05, 3.63) is 28.8 Å². The fourth-order valence-electron chi connectivity index (χ4n) is 1.81. The van der Waals surface area contributed by atoms with Gasteiger partial charge in [-0.05, 0) is 30.0 Å². The van der Waals surface area contributed by atoms with Gasteiger partial charge in [-0.25, -0.2) is 0 Å². The minimum atomic E-state index is 0.401. The zero-order valence-electron chi connectivity index (χ0n) is 9.79. The van der Waals surface area contributed by atoms with Gasteiger partial charge in [0, 0.05) is 6.42 Å². The zero-order valence-corrected chi connectivity index (χ0v) is 10.6. The largest absolute Gasteiger partial charge is 0.495 e. The highest BCUT2D eigenvalue weighted by Gasteiger charge is 2.11. The molecule has 0 aliphatic rings. The molecule has 0 saturated heterocycles. The number of ether oxygens (including phenoxy) is 1. The maximum absolute atomic E-state index is 6.10. The van der Waals surface area contributed by atoms with E-state index in [-0.39, 0.29) is 0 Å². The van der Waals surface area contributed by atoms with Crippen LogP contribution in [0.1, 0.15) is 37.7 Å². The summed E-state index contributed by atoms with van der Waals surface area (Å²) in [5.41, 5.74) is 1.20. The Morgan fingerprint density at radius 3 is 2.75 bits per heavy atom. The summed E-state index contributed by atoms with van der Waals surface area (Å²) in [4.78, 5) is 0. The van der Waals surface area contributed by atoms with Crippen molar-refractivity contribution in [3.63, 3.8) is 0 Å². The lowest BCUT2D eigenvalue weighted by molar-refractivity contribution is 0.414. The van der Waals surface area contributed by atoms with Crippen LogP contribution in [-0.2, 0) is 0 Å². The Morgan fingerprint density at radius 1 is 1.50 bits per heavy atom. The van der Waals surface area contributed by atoms with Crippen LogP contribution in [0.5, 0.6) is 5.75 Å². The summed E-state index contributed by atoms with van der Waals surface area (Å²) < 4.78 is 5.13. The average molecular weight is 237 g/mol. The van der Waals surface area contributed by atoms with Gasteiger partial charge in [0.2, 0.25) is 0 Å². The molecule has 1 atom stereocenters. The third kappa shape index (κ3) is 3.18. The smallest absolute Gasteiger partial charge is 0.137 e. The van der Waals surface area contributed by atoms with Crippen LogP contribution >= 0.6 is 11.6 Å². The highest BCUT2D eigenvalue weighted by molar-refractivity contribution is 6.32. The van der Waals surface area contributed by atoms with E-state index in [2.05, 4.69) is 12.8 Å². The van der Waals surface area contributed by atoms with E-state index in [4.69, 9.17) is 22.8 Å². The van der Waals surface area contributed by atoms with Crippen LogP contribution in [-0.4, -0.2) is 7.11 Å². The molecule has 0 saturated carbocycles.